The van der Waals surface area contributed by atoms with E-state index in [1.807, 2.05) is 6.08 Å². The third-order valence-electron chi connectivity index (χ3n) is 2.28. The lowest BCUT2D eigenvalue weighted by atomic mass is 10.1. The number of unbranched alkanes of at least 4 members (excludes halogenated alkanes) is 6. The van der Waals surface area contributed by atoms with Crippen molar-refractivity contribution in [2.75, 3.05) is 0 Å². The molecule has 0 spiro atoms. The monoisotopic (exact) mass is 193 g/mol. The highest BCUT2D eigenvalue weighted by Crippen LogP contribution is 2.06. The molecule has 0 aromatic rings. The van der Waals surface area contributed by atoms with Crippen LogP contribution in [0.2, 0.25) is 0 Å². The highest BCUT2D eigenvalue weighted by Gasteiger charge is 1.87. The molecule has 0 atom stereocenters. The van der Waals surface area contributed by atoms with Crippen LogP contribution in [-0.4, -0.2) is 0 Å². The first kappa shape index (κ1) is 13.5. The fourth-order valence-electron chi connectivity index (χ4n) is 1.39. The fraction of sp³-hybridized carbons (Fsp3) is 0.714. The molecule has 81 valence electrons. The molecule has 14 heavy (non-hydrogen) atoms. The summed E-state index contributed by atoms with van der Waals surface area (Å²) in [5, 5.41) is 0. The molecule has 0 fully saturated rings. The van der Waals surface area contributed by atoms with E-state index >= 15 is 0 Å². The summed E-state index contributed by atoms with van der Waals surface area (Å²) in [6, 6.07) is 0. The molecule has 0 rings (SSSR count). The lowest BCUT2D eigenvalue weighted by molar-refractivity contribution is 0.611. The van der Waals surface area contributed by atoms with Gasteiger partial charge in [-0.3, -0.25) is 0 Å². The zero-order valence-corrected chi connectivity index (χ0v) is 9.89. The molecule has 0 saturated heterocycles. The predicted octanol–water partition coefficient (Wildman–Crippen LogP) is 5.06. The second-order valence-corrected chi connectivity index (χ2v) is 3.71. The largest absolute Gasteiger partial charge is 0.0845 e. The third kappa shape index (κ3) is 11.5. The predicted molar refractivity (Wildman–Crippen MR) is 65.2 cm³/mol. The molecule has 0 aromatic carbocycles. The van der Waals surface area contributed by atoms with Gasteiger partial charge in [0.2, 0.25) is 0 Å². The van der Waals surface area contributed by atoms with E-state index in [0.717, 1.165) is 6.42 Å². The van der Waals surface area contributed by atoms with Crippen LogP contribution in [0.4, 0.5) is 0 Å². The molecular formula is C14H25. The summed E-state index contributed by atoms with van der Waals surface area (Å²) in [4.78, 5) is 0. The van der Waals surface area contributed by atoms with Crippen LogP contribution in [-0.2, 0) is 0 Å². The first-order valence-electron chi connectivity index (χ1n) is 6.13. The summed E-state index contributed by atoms with van der Waals surface area (Å²) >= 11 is 0. The average molecular weight is 193 g/mol. The molecule has 0 amide bonds. The minimum absolute atomic E-state index is 1.02. The summed E-state index contributed by atoms with van der Waals surface area (Å²) in [7, 11) is 0. The van der Waals surface area contributed by atoms with Gasteiger partial charge >= 0.3 is 0 Å². The van der Waals surface area contributed by atoms with Crippen LogP contribution < -0.4 is 0 Å². The molecule has 0 aliphatic heterocycles. The van der Waals surface area contributed by atoms with Crippen LogP contribution in [0.5, 0.6) is 0 Å². The normalized spacial score (nSPS) is 11.9. The van der Waals surface area contributed by atoms with Crippen molar-refractivity contribution in [2.45, 2.75) is 65.2 Å². The fourth-order valence-corrected chi connectivity index (χ4v) is 1.39. The molecule has 0 heterocycles. The van der Waals surface area contributed by atoms with Gasteiger partial charge in [-0.1, -0.05) is 64.2 Å². The quantitative estimate of drug-likeness (QED) is 0.354. The third-order valence-corrected chi connectivity index (χ3v) is 2.28. The Labute approximate surface area is 90.1 Å². The second kappa shape index (κ2) is 12.5. The maximum absolute atomic E-state index is 3.16. The lowest BCUT2D eigenvalue weighted by Crippen LogP contribution is -1.77. The number of rotatable bonds is 9. The van der Waals surface area contributed by atoms with Crippen molar-refractivity contribution in [3.8, 4) is 0 Å². The highest BCUT2D eigenvalue weighted by atomic mass is 13.9. The van der Waals surface area contributed by atoms with Crippen LogP contribution in [0.1, 0.15) is 65.2 Å². The van der Waals surface area contributed by atoms with Gasteiger partial charge in [0.05, 0.1) is 0 Å². The summed E-state index contributed by atoms with van der Waals surface area (Å²) in [6.07, 6.45) is 20.1. The Morgan fingerprint density at radius 2 is 1.64 bits per heavy atom. The van der Waals surface area contributed by atoms with Crippen molar-refractivity contribution in [1.29, 1.82) is 0 Å². The summed E-state index contributed by atoms with van der Waals surface area (Å²) in [5.74, 6) is 0. The first-order valence-corrected chi connectivity index (χ1v) is 6.13. The van der Waals surface area contributed by atoms with Gasteiger partial charge in [-0.25, -0.2) is 0 Å². The van der Waals surface area contributed by atoms with E-state index in [9.17, 15) is 0 Å². The zero-order chi connectivity index (χ0) is 10.5. The molecule has 0 nitrogen and oxygen atoms in total. The van der Waals surface area contributed by atoms with E-state index in [1.54, 1.807) is 0 Å². The summed E-state index contributed by atoms with van der Waals surface area (Å²) in [6.45, 7) is 4.37. The van der Waals surface area contributed by atoms with E-state index < -0.39 is 0 Å². The van der Waals surface area contributed by atoms with Crippen molar-refractivity contribution >= 4 is 0 Å². The second-order valence-electron chi connectivity index (χ2n) is 3.71. The van der Waals surface area contributed by atoms with Gasteiger partial charge in [0.1, 0.15) is 0 Å². The number of hydrogen-bond acceptors (Lipinski definition) is 0. The summed E-state index contributed by atoms with van der Waals surface area (Å²) in [5.41, 5.74) is 0. The van der Waals surface area contributed by atoms with Crippen molar-refractivity contribution in [3.05, 3.63) is 24.3 Å². The van der Waals surface area contributed by atoms with Gasteiger partial charge in [-0.15, -0.1) is 0 Å². The maximum atomic E-state index is 3.16. The lowest BCUT2D eigenvalue weighted by Gasteiger charge is -1.97. The van der Waals surface area contributed by atoms with Gasteiger partial charge in [0.15, 0.2) is 0 Å². The van der Waals surface area contributed by atoms with Crippen molar-refractivity contribution < 1.29 is 0 Å². The Bertz CT molecular complexity index is 142. The Morgan fingerprint density at radius 1 is 0.929 bits per heavy atom. The molecule has 0 bridgehead atoms. The Balaban J connectivity index is 3.05. The molecule has 0 N–H and O–H groups in total. The molecular weight excluding hydrogens is 168 g/mol. The molecule has 0 aromatic heterocycles. The molecule has 1 radical (unpaired) electrons. The van der Waals surface area contributed by atoms with E-state index in [2.05, 4.69) is 32.1 Å². The van der Waals surface area contributed by atoms with Gasteiger partial charge in [0, 0.05) is 0 Å². The Morgan fingerprint density at radius 3 is 2.36 bits per heavy atom. The van der Waals surface area contributed by atoms with Gasteiger partial charge in [-0.05, 0) is 25.3 Å². The van der Waals surface area contributed by atoms with E-state index in [-0.39, 0.29) is 0 Å². The number of hydrogen-bond donors (Lipinski definition) is 0. The minimum atomic E-state index is 1.02. The van der Waals surface area contributed by atoms with Crippen LogP contribution in [0.25, 0.3) is 0 Å². The minimum Gasteiger partial charge on any atom is -0.0845 e. The smallest absolute Gasteiger partial charge is 0.0305 e. The van der Waals surface area contributed by atoms with Crippen LogP contribution >= 0.6 is 0 Å². The average Bonchev–Trinajstić information content (AvgIpc) is 2.21. The van der Waals surface area contributed by atoms with Crippen LogP contribution in [0, 0.1) is 6.08 Å². The maximum Gasteiger partial charge on any atom is -0.0305 e. The van der Waals surface area contributed by atoms with Gasteiger partial charge < -0.3 is 0 Å². The molecule has 0 aliphatic rings. The Hall–Kier alpha value is -0.520. The highest BCUT2D eigenvalue weighted by molar-refractivity contribution is 4.98. The first-order chi connectivity index (χ1) is 6.91. The zero-order valence-electron chi connectivity index (χ0n) is 9.89. The van der Waals surface area contributed by atoms with Crippen molar-refractivity contribution in [1.82, 2.24) is 0 Å². The molecule has 0 heteroatoms. The molecule has 0 unspecified atom stereocenters. The van der Waals surface area contributed by atoms with E-state index in [1.165, 1.54) is 44.9 Å². The van der Waals surface area contributed by atoms with Crippen LogP contribution in [0.3, 0.4) is 0 Å². The molecule has 0 saturated carbocycles. The Kier molecular flexibility index (Phi) is 12.0. The van der Waals surface area contributed by atoms with Gasteiger partial charge in [-0.2, -0.15) is 0 Å². The SMILES string of the molecule is CC/[C]=C\C=C\CCCCCCCC. The van der Waals surface area contributed by atoms with Gasteiger partial charge in [0.25, 0.3) is 0 Å². The van der Waals surface area contributed by atoms with E-state index in [0.29, 0.717) is 0 Å². The van der Waals surface area contributed by atoms with Crippen molar-refractivity contribution in [3.63, 3.8) is 0 Å². The molecule has 0 aliphatic carbocycles. The number of allylic oxidation sites excluding steroid dienone is 4. The van der Waals surface area contributed by atoms with Crippen LogP contribution in [0.15, 0.2) is 18.2 Å². The standard InChI is InChI=1S/C14H25/c1-3-5-7-9-11-13-14-12-10-8-6-4-2/h8,10,12H,3-5,7,9,11,13-14H2,1-2H3/b8-6?,12-10+. The summed E-state index contributed by atoms with van der Waals surface area (Å²) < 4.78 is 0. The van der Waals surface area contributed by atoms with Crippen molar-refractivity contribution in [2.24, 2.45) is 0 Å². The van der Waals surface area contributed by atoms with E-state index in [4.69, 9.17) is 0 Å². The topological polar surface area (TPSA) is 0 Å².